The lowest BCUT2D eigenvalue weighted by Crippen LogP contribution is -2.22. The zero-order valence-corrected chi connectivity index (χ0v) is 15.5. The molecule has 0 saturated carbocycles. The van der Waals surface area contributed by atoms with Gasteiger partial charge in [0.1, 0.15) is 23.7 Å². The Hall–Kier alpha value is -2.70. The third-order valence-corrected chi connectivity index (χ3v) is 4.48. The molecule has 0 heterocycles. The summed E-state index contributed by atoms with van der Waals surface area (Å²) < 4.78 is 46.9. The average molecular weight is 396 g/mol. The topological polar surface area (TPSA) is 66.8 Å². The lowest BCUT2D eigenvalue weighted by molar-refractivity contribution is -0.153. The third kappa shape index (κ3) is 5.41. The predicted octanol–water partition coefficient (Wildman–Crippen LogP) is 5.90. The molecule has 2 N–H and O–H groups in total. The average Bonchev–Trinajstić information content (AvgIpc) is 2.64. The number of ether oxygens (including phenoxy) is 1. The van der Waals surface area contributed by atoms with E-state index in [4.69, 9.17) is 4.74 Å². The van der Waals surface area contributed by atoms with Crippen molar-refractivity contribution in [2.24, 2.45) is 0 Å². The lowest BCUT2D eigenvalue weighted by atomic mass is 9.89. The molecule has 0 aliphatic rings. The molecule has 0 spiro atoms. The van der Waals surface area contributed by atoms with E-state index < -0.39 is 34.9 Å². The molecule has 0 aliphatic carbocycles. The first kappa shape index (κ1) is 21.6. The second kappa shape index (κ2) is 9.48. The molecule has 0 fully saturated rings. The highest BCUT2D eigenvalue weighted by Gasteiger charge is 2.44. The number of carbonyl (C=O) groups is 1. The van der Waals surface area contributed by atoms with E-state index in [0.29, 0.717) is 12.8 Å². The highest BCUT2D eigenvalue weighted by atomic mass is 19.4. The van der Waals surface area contributed by atoms with Crippen LogP contribution in [0.5, 0.6) is 11.5 Å². The minimum Gasteiger partial charge on any atom is -0.507 e. The molecule has 0 saturated heterocycles. The molecule has 4 nitrogen and oxygen atoms in total. The number of unbranched alkanes of at least 4 members (excludes halogenated alkanes) is 2. The maximum absolute atomic E-state index is 13.8. The summed E-state index contributed by atoms with van der Waals surface area (Å²) in [5, 5.41) is 19.6. The second-order valence-electron chi connectivity index (χ2n) is 6.54. The van der Waals surface area contributed by atoms with Gasteiger partial charge in [-0.05, 0) is 24.1 Å². The smallest absolute Gasteiger partial charge is 0.396 e. The van der Waals surface area contributed by atoms with Crippen LogP contribution in [-0.2, 0) is 6.61 Å². The van der Waals surface area contributed by atoms with Crippen molar-refractivity contribution >= 4 is 5.97 Å². The van der Waals surface area contributed by atoms with Gasteiger partial charge in [-0.1, -0.05) is 56.5 Å². The number of hydrogen-bond acceptors (Lipinski definition) is 3. The predicted molar refractivity (Wildman–Crippen MR) is 98.8 cm³/mol. The van der Waals surface area contributed by atoms with E-state index in [2.05, 4.69) is 0 Å². The standard InChI is InChI=1S/C21H23F3O4/c1-2-3-5-10-16(21(22,23)24)18-17(12-11-15(19(18)25)20(26)27)28-13-14-8-6-4-7-9-14/h4,6-9,11-12,16,25H,2-3,5,10,13H2,1H3,(H,26,27). The molecule has 0 bridgehead atoms. The first-order valence-corrected chi connectivity index (χ1v) is 9.08. The summed E-state index contributed by atoms with van der Waals surface area (Å²) >= 11 is 0. The van der Waals surface area contributed by atoms with Crippen LogP contribution in [0.3, 0.4) is 0 Å². The summed E-state index contributed by atoms with van der Waals surface area (Å²) in [5.41, 5.74) is -0.351. The second-order valence-corrected chi connectivity index (χ2v) is 6.54. The molecule has 1 unspecified atom stereocenters. The fraction of sp³-hybridized carbons (Fsp3) is 0.381. The largest absolute Gasteiger partial charge is 0.507 e. The normalized spacial score (nSPS) is 12.6. The van der Waals surface area contributed by atoms with Crippen LogP contribution in [-0.4, -0.2) is 22.4 Å². The van der Waals surface area contributed by atoms with E-state index in [0.717, 1.165) is 18.1 Å². The molecule has 0 radical (unpaired) electrons. The van der Waals surface area contributed by atoms with Gasteiger partial charge in [-0.2, -0.15) is 13.2 Å². The summed E-state index contributed by atoms with van der Waals surface area (Å²) in [7, 11) is 0. The quantitative estimate of drug-likeness (QED) is 0.518. The summed E-state index contributed by atoms with van der Waals surface area (Å²) in [5.74, 6) is -4.56. The van der Waals surface area contributed by atoms with Gasteiger partial charge >= 0.3 is 12.1 Å². The number of alkyl halides is 3. The van der Waals surface area contributed by atoms with Gasteiger partial charge < -0.3 is 14.9 Å². The van der Waals surface area contributed by atoms with Crippen molar-refractivity contribution in [1.82, 2.24) is 0 Å². The van der Waals surface area contributed by atoms with Crippen LogP contribution in [0.4, 0.5) is 13.2 Å². The van der Waals surface area contributed by atoms with E-state index >= 15 is 0 Å². The Morgan fingerprint density at radius 2 is 1.79 bits per heavy atom. The molecule has 152 valence electrons. The molecular weight excluding hydrogens is 373 g/mol. The molecule has 0 aromatic heterocycles. The van der Waals surface area contributed by atoms with Crippen molar-refractivity contribution in [3.05, 3.63) is 59.2 Å². The van der Waals surface area contributed by atoms with E-state index in [1.807, 2.05) is 6.92 Å². The van der Waals surface area contributed by atoms with Crippen LogP contribution in [0.15, 0.2) is 42.5 Å². The third-order valence-electron chi connectivity index (χ3n) is 4.48. The Morgan fingerprint density at radius 3 is 2.36 bits per heavy atom. The minimum atomic E-state index is -4.65. The fourth-order valence-corrected chi connectivity index (χ4v) is 3.03. The number of carboxylic acids is 1. The highest BCUT2D eigenvalue weighted by Crippen LogP contribution is 2.47. The van der Waals surface area contributed by atoms with Gasteiger partial charge in [-0.15, -0.1) is 0 Å². The molecular formula is C21H23F3O4. The summed E-state index contributed by atoms with van der Waals surface area (Å²) in [4.78, 5) is 11.3. The monoisotopic (exact) mass is 396 g/mol. The number of aromatic carboxylic acids is 1. The van der Waals surface area contributed by atoms with Crippen LogP contribution in [0, 0.1) is 0 Å². The molecule has 2 rings (SSSR count). The summed E-state index contributed by atoms with van der Waals surface area (Å²) in [6.45, 7) is 1.87. The van der Waals surface area contributed by atoms with Crippen molar-refractivity contribution < 1.29 is 32.9 Å². The maximum atomic E-state index is 13.8. The fourth-order valence-electron chi connectivity index (χ4n) is 3.03. The first-order chi connectivity index (χ1) is 13.3. The molecule has 0 aliphatic heterocycles. The Kier molecular flexibility index (Phi) is 7.31. The van der Waals surface area contributed by atoms with Gasteiger partial charge in [-0.25, -0.2) is 4.79 Å². The van der Waals surface area contributed by atoms with E-state index in [-0.39, 0.29) is 18.8 Å². The molecule has 2 aromatic carbocycles. The van der Waals surface area contributed by atoms with Crippen molar-refractivity contribution in [2.75, 3.05) is 0 Å². The van der Waals surface area contributed by atoms with Crippen molar-refractivity contribution in [3.8, 4) is 11.5 Å². The van der Waals surface area contributed by atoms with E-state index in [9.17, 15) is 28.2 Å². The zero-order valence-electron chi connectivity index (χ0n) is 15.5. The van der Waals surface area contributed by atoms with Crippen LogP contribution >= 0.6 is 0 Å². The number of phenols is 1. The zero-order chi connectivity index (χ0) is 20.7. The Bertz CT molecular complexity index is 788. The lowest BCUT2D eigenvalue weighted by Gasteiger charge is -2.25. The van der Waals surface area contributed by atoms with Gasteiger partial charge in [0.15, 0.2) is 0 Å². The number of rotatable bonds is 9. The Balaban J connectivity index is 2.46. The van der Waals surface area contributed by atoms with Crippen molar-refractivity contribution in [1.29, 1.82) is 0 Å². The molecule has 0 amide bonds. The van der Waals surface area contributed by atoms with E-state index in [1.165, 1.54) is 6.07 Å². The number of halogens is 3. The Morgan fingerprint density at radius 1 is 1.11 bits per heavy atom. The van der Waals surface area contributed by atoms with Crippen LogP contribution < -0.4 is 4.74 Å². The SMILES string of the molecule is CCCCCC(c1c(OCc2ccccc2)ccc(C(=O)O)c1O)C(F)(F)F. The maximum Gasteiger partial charge on any atom is 0.396 e. The van der Waals surface area contributed by atoms with Crippen LogP contribution in [0.2, 0.25) is 0 Å². The van der Waals surface area contributed by atoms with Gasteiger partial charge in [0.2, 0.25) is 0 Å². The highest BCUT2D eigenvalue weighted by molar-refractivity contribution is 5.91. The molecule has 2 aromatic rings. The first-order valence-electron chi connectivity index (χ1n) is 9.08. The molecule has 28 heavy (non-hydrogen) atoms. The van der Waals surface area contributed by atoms with E-state index in [1.54, 1.807) is 30.3 Å². The van der Waals surface area contributed by atoms with Crippen molar-refractivity contribution in [3.63, 3.8) is 0 Å². The summed E-state index contributed by atoms with van der Waals surface area (Å²) in [6, 6.07) is 11.1. The van der Waals surface area contributed by atoms with Crippen LogP contribution in [0.25, 0.3) is 0 Å². The summed E-state index contributed by atoms with van der Waals surface area (Å²) in [6.07, 6.45) is -3.26. The molecule has 1 atom stereocenters. The van der Waals surface area contributed by atoms with Gasteiger partial charge in [0.25, 0.3) is 0 Å². The number of benzene rings is 2. The number of carboxylic acid groups (broad SMARTS) is 1. The molecule has 7 heteroatoms. The minimum absolute atomic E-state index is 0.000759. The number of aromatic hydroxyl groups is 1. The van der Waals surface area contributed by atoms with Crippen molar-refractivity contribution in [2.45, 2.75) is 51.3 Å². The van der Waals surface area contributed by atoms with Gasteiger partial charge in [0, 0.05) is 5.56 Å². The van der Waals surface area contributed by atoms with Gasteiger partial charge in [0.05, 0.1) is 5.92 Å². The van der Waals surface area contributed by atoms with Gasteiger partial charge in [-0.3, -0.25) is 0 Å². The van der Waals surface area contributed by atoms with Crippen LogP contribution in [0.1, 0.15) is 60.0 Å². The number of hydrogen-bond donors (Lipinski definition) is 2. The Labute approximate surface area is 161 Å².